The number of carbonyl (C=O) groups is 2. The van der Waals surface area contributed by atoms with Crippen molar-refractivity contribution in [3.8, 4) is 0 Å². The Morgan fingerprint density at radius 1 is 1.04 bits per heavy atom. The standard InChI is InChI=1S/C19H22FN3O2/c1-12-3-6-14(7-4-12)17(21)19(25)23-10-9-22-18(24)15-8-5-13(2)16(20)11-15/h3-8,11,17H,9-10,21H2,1-2H3,(H,22,24)(H,23,25). The fourth-order valence-corrected chi connectivity index (χ4v) is 2.23. The molecule has 132 valence electrons. The van der Waals surface area contributed by atoms with E-state index in [0.717, 1.165) is 11.1 Å². The first-order valence-corrected chi connectivity index (χ1v) is 8.02. The summed E-state index contributed by atoms with van der Waals surface area (Å²) in [6.45, 7) is 4.04. The number of amides is 2. The fourth-order valence-electron chi connectivity index (χ4n) is 2.23. The van der Waals surface area contributed by atoms with Crippen LogP contribution in [0.25, 0.3) is 0 Å². The van der Waals surface area contributed by atoms with Gasteiger partial charge in [0.05, 0.1) is 0 Å². The summed E-state index contributed by atoms with van der Waals surface area (Å²) in [4.78, 5) is 24.0. The minimum absolute atomic E-state index is 0.223. The van der Waals surface area contributed by atoms with Crippen molar-refractivity contribution in [2.45, 2.75) is 19.9 Å². The molecule has 0 fully saturated rings. The lowest BCUT2D eigenvalue weighted by molar-refractivity contribution is -0.122. The summed E-state index contributed by atoms with van der Waals surface area (Å²) < 4.78 is 13.5. The molecule has 2 aromatic carbocycles. The highest BCUT2D eigenvalue weighted by Crippen LogP contribution is 2.11. The minimum atomic E-state index is -0.762. The molecule has 6 heteroatoms. The van der Waals surface area contributed by atoms with Gasteiger partial charge < -0.3 is 16.4 Å². The van der Waals surface area contributed by atoms with E-state index in [1.54, 1.807) is 19.1 Å². The van der Waals surface area contributed by atoms with Gasteiger partial charge in [-0.05, 0) is 37.1 Å². The van der Waals surface area contributed by atoms with Crippen molar-refractivity contribution >= 4 is 11.8 Å². The van der Waals surface area contributed by atoms with Gasteiger partial charge in [-0.25, -0.2) is 4.39 Å². The molecule has 1 atom stereocenters. The number of rotatable bonds is 6. The third-order valence-electron chi connectivity index (χ3n) is 3.86. The Kier molecular flexibility index (Phi) is 6.25. The van der Waals surface area contributed by atoms with Crippen molar-refractivity contribution in [2.24, 2.45) is 5.73 Å². The number of benzene rings is 2. The van der Waals surface area contributed by atoms with E-state index in [0.29, 0.717) is 5.56 Å². The monoisotopic (exact) mass is 343 g/mol. The predicted molar refractivity (Wildman–Crippen MR) is 94.6 cm³/mol. The molecule has 0 aromatic heterocycles. The first-order chi connectivity index (χ1) is 11.9. The van der Waals surface area contributed by atoms with Gasteiger partial charge in [-0.2, -0.15) is 0 Å². The second-order valence-corrected chi connectivity index (χ2v) is 5.90. The van der Waals surface area contributed by atoms with Crippen LogP contribution >= 0.6 is 0 Å². The van der Waals surface area contributed by atoms with Crippen molar-refractivity contribution in [1.82, 2.24) is 10.6 Å². The molecular weight excluding hydrogens is 321 g/mol. The van der Waals surface area contributed by atoms with Gasteiger partial charge in [0.2, 0.25) is 5.91 Å². The zero-order valence-corrected chi connectivity index (χ0v) is 14.3. The molecular formula is C19H22FN3O2. The molecule has 2 aromatic rings. The van der Waals surface area contributed by atoms with Crippen LogP contribution in [0.4, 0.5) is 4.39 Å². The average molecular weight is 343 g/mol. The Hall–Kier alpha value is -2.73. The number of carbonyl (C=O) groups excluding carboxylic acids is 2. The average Bonchev–Trinajstić information content (AvgIpc) is 2.60. The summed E-state index contributed by atoms with van der Waals surface area (Å²) in [6, 6.07) is 10.9. The number of hydrogen-bond acceptors (Lipinski definition) is 3. The van der Waals surface area contributed by atoms with E-state index in [4.69, 9.17) is 5.73 Å². The second kappa shape index (κ2) is 8.39. The Bertz CT molecular complexity index is 760. The van der Waals surface area contributed by atoms with Crippen LogP contribution in [-0.2, 0) is 4.79 Å². The third-order valence-corrected chi connectivity index (χ3v) is 3.86. The van der Waals surface area contributed by atoms with E-state index in [9.17, 15) is 14.0 Å². The van der Waals surface area contributed by atoms with Crippen LogP contribution in [-0.4, -0.2) is 24.9 Å². The van der Waals surface area contributed by atoms with Gasteiger partial charge in [-0.15, -0.1) is 0 Å². The van der Waals surface area contributed by atoms with Crippen LogP contribution in [0.3, 0.4) is 0 Å². The van der Waals surface area contributed by atoms with E-state index in [1.807, 2.05) is 31.2 Å². The number of nitrogens with two attached hydrogens (primary N) is 1. The molecule has 25 heavy (non-hydrogen) atoms. The molecule has 0 aliphatic rings. The van der Waals surface area contributed by atoms with Crippen molar-refractivity contribution in [3.05, 3.63) is 70.5 Å². The van der Waals surface area contributed by atoms with Gasteiger partial charge in [0.15, 0.2) is 0 Å². The lowest BCUT2D eigenvalue weighted by atomic mass is 10.1. The van der Waals surface area contributed by atoms with Gasteiger partial charge >= 0.3 is 0 Å². The largest absolute Gasteiger partial charge is 0.353 e. The van der Waals surface area contributed by atoms with Crippen molar-refractivity contribution in [3.63, 3.8) is 0 Å². The molecule has 1 unspecified atom stereocenters. The van der Waals surface area contributed by atoms with Crippen LogP contribution in [0.5, 0.6) is 0 Å². The SMILES string of the molecule is Cc1ccc(C(N)C(=O)NCCNC(=O)c2ccc(C)c(F)c2)cc1. The summed E-state index contributed by atoms with van der Waals surface area (Å²) in [5.41, 5.74) is 8.45. The number of aryl methyl sites for hydroxylation is 2. The van der Waals surface area contributed by atoms with Gasteiger partial charge in [0, 0.05) is 18.7 Å². The number of nitrogens with one attached hydrogen (secondary N) is 2. The van der Waals surface area contributed by atoms with E-state index in [2.05, 4.69) is 10.6 Å². The lowest BCUT2D eigenvalue weighted by Gasteiger charge is -2.13. The highest BCUT2D eigenvalue weighted by atomic mass is 19.1. The van der Waals surface area contributed by atoms with Crippen LogP contribution in [0, 0.1) is 19.7 Å². The number of hydrogen-bond donors (Lipinski definition) is 3. The molecule has 0 spiro atoms. The lowest BCUT2D eigenvalue weighted by Crippen LogP contribution is -2.39. The summed E-state index contributed by atoms with van der Waals surface area (Å²) in [7, 11) is 0. The topological polar surface area (TPSA) is 84.2 Å². The molecule has 0 heterocycles. The zero-order valence-electron chi connectivity index (χ0n) is 14.3. The van der Waals surface area contributed by atoms with Crippen molar-refractivity contribution in [1.29, 1.82) is 0 Å². The van der Waals surface area contributed by atoms with Crippen LogP contribution < -0.4 is 16.4 Å². The van der Waals surface area contributed by atoms with E-state index in [1.165, 1.54) is 6.07 Å². The summed E-state index contributed by atoms with van der Waals surface area (Å²) in [5, 5.41) is 5.30. The minimum Gasteiger partial charge on any atom is -0.353 e. The second-order valence-electron chi connectivity index (χ2n) is 5.90. The van der Waals surface area contributed by atoms with Crippen LogP contribution in [0.1, 0.15) is 33.1 Å². The Morgan fingerprint density at radius 3 is 2.32 bits per heavy atom. The van der Waals surface area contributed by atoms with Gasteiger partial charge in [-0.3, -0.25) is 9.59 Å². The molecule has 0 saturated carbocycles. The normalized spacial score (nSPS) is 11.7. The zero-order chi connectivity index (χ0) is 18.4. The van der Waals surface area contributed by atoms with Gasteiger partial charge in [0.25, 0.3) is 5.91 Å². The van der Waals surface area contributed by atoms with Crippen LogP contribution in [0.2, 0.25) is 0 Å². The molecule has 5 nitrogen and oxygen atoms in total. The molecule has 2 rings (SSSR count). The van der Waals surface area contributed by atoms with Gasteiger partial charge in [-0.1, -0.05) is 35.9 Å². The van der Waals surface area contributed by atoms with Crippen LogP contribution in [0.15, 0.2) is 42.5 Å². The maximum absolute atomic E-state index is 13.5. The van der Waals surface area contributed by atoms with E-state index in [-0.39, 0.29) is 24.6 Å². The smallest absolute Gasteiger partial charge is 0.251 e. The molecule has 2 amide bonds. The Morgan fingerprint density at radius 2 is 1.68 bits per heavy atom. The van der Waals surface area contributed by atoms with E-state index < -0.39 is 17.8 Å². The Balaban J connectivity index is 1.78. The summed E-state index contributed by atoms with van der Waals surface area (Å²) >= 11 is 0. The van der Waals surface area contributed by atoms with E-state index >= 15 is 0 Å². The molecule has 0 radical (unpaired) electrons. The maximum Gasteiger partial charge on any atom is 0.251 e. The predicted octanol–water partition coefficient (Wildman–Crippen LogP) is 1.99. The number of halogens is 1. The first-order valence-electron chi connectivity index (χ1n) is 8.02. The van der Waals surface area contributed by atoms with Crippen molar-refractivity contribution < 1.29 is 14.0 Å². The molecule has 0 aliphatic carbocycles. The van der Waals surface area contributed by atoms with Crippen molar-refractivity contribution in [2.75, 3.05) is 13.1 Å². The summed E-state index contributed by atoms with van der Waals surface area (Å²) in [6.07, 6.45) is 0. The Labute approximate surface area is 146 Å². The highest BCUT2D eigenvalue weighted by Gasteiger charge is 2.15. The first kappa shape index (κ1) is 18.6. The quantitative estimate of drug-likeness (QED) is 0.701. The van der Waals surface area contributed by atoms with Gasteiger partial charge in [0.1, 0.15) is 11.9 Å². The summed E-state index contributed by atoms with van der Waals surface area (Å²) in [5.74, 6) is -1.14. The maximum atomic E-state index is 13.5. The molecule has 4 N–H and O–H groups in total. The highest BCUT2D eigenvalue weighted by molar-refractivity contribution is 5.94. The molecule has 0 saturated heterocycles. The molecule has 0 aliphatic heterocycles. The third kappa shape index (κ3) is 5.12. The molecule has 0 bridgehead atoms. The fraction of sp³-hybridized carbons (Fsp3) is 0.263.